The molecule has 0 aliphatic rings. The van der Waals surface area contributed by atoms with Crippen molar-refractivity contribution in [3.8, 4) is 0 Å². The van der Waals surface area contributed by atoms with E-state index in [1.807, 2.05) is 30.3 Å². The van der Waals surface area contributed by atoms with Crippen LogP contribution >= 0.6 is 0 Å². The molecule has 2 aromatic carbocycles. The fraction of sp³-hybridized carbons (Fsp3) is 0. The molecule has 0 heterocycles. The van der Waals surface area contributed by atoms with Gasteiger partial charge in [0.2, 0.25) is 0 Å². The number of hydrogen-bond acceptors (Lipinski definition) is 0. The maximum Gasteiger partial charge on any atom is -0.00139 e. The van der Waals surface area contributed by atoms with Crippen LogP contribution in [0.5, 0.6) is 0 Å². The largest absolute Gasteiger partial charge is 0.0610 e. The van der Waals surface area contributed by atoms with E-state index >= 15 is 0 Å². The molecular formula is C10H5. The lowest BCUT2D eigenvalue weighted by molar-refractivity contribution is 1.72. The maximum atomic E-state index is 3.10. The van der Waals surface area contributed by atoms with Crippen molar-refractivity contribution in [2.24, 2.45) is 0 Å². The van der Waals surface area contributed by atoms with Gasteiger partial charge in [-0.05, 0) is 29.0 Å². The molecule has 10 heavy (non-hydrogen) atoms. The van der Waals surface area contributed by atoms with Gasteiger partial charge in [-0.2, -0.15) is 0 Å². The van der Waals surface area contributed by atoms with Crippen LogP contribution in [0, 0.1) is 18.2 Å². The molecular weight excluding hydrogens is 120 g/mol. The molecule has 0 amide bonds. The van der Waals surface area contributed by atoms with Crippen molar-refractivity contribution in [3.05, 3.63) is 48.5 Å². The molecule has 3 radical (unpaired) electrons. The summed E-state index contributed by atoms with van der Waals surface area (Å²) in [5, 5.41) is 2.17. The molecule has 0 heteroatoms. The average Bonchev–Trinajstić information content (AvgIpc) is 2.05. The zero-order valence-corrected chi connectivity index (χ0v) is 5.39. The molecule has 0 aliphatic carbocycles. The zero-order chi connectivity index (χ0) is 6.81. The third-order valence-electron chi connectivity index (χ3n) is 1.43. The van der Waals surface area contributed by atoms with E-state index in [2.05, 4.69) is 18.2 Å². The summed E-state index contributed by atoms with van der Waals surface area (Å²) in [7, 11) is 0. The highest BCUT2D eigenvalue weighted by atomic mass is 13.9. The molecule has 0 aromatic heterocycles. The first kappa shape index (κ1) is 5.48. The lowest BCUT2D eigenvalue weighted by Crippen LogP contribution is -1.69. The number of benzene rings is 2. The highest BCUT2D eigenvalue weighted by molar-refractivity contribution is 5.80. The topological polar surface area (TPSA) is 0 Å². The molecule has 0 bridgehead atoms. The molecule has 2 aromatic rings. The van der Waals surface area contributed by atoms with Gasteiger partial charge in [-0.1, -0.05) is 30.3 Å². The second-order valence-corrected chi connectivity index (χ2v) is 2.10. The van der Waals surface area contributed by atoms with Crippen LogP contribution in [0.25, 0.3) is 10.8 Å². The summed E-state index contributed by atoms with van der Waals surface area (Å²) in [5.74, 6) is 0. The predicted octanol–water partition coefficient (Wildman–Crippen LogP) is 2.24. The molecule has 2 rings (SSSR count). The van der Waals surface area contributed by atoms with Crippen molar-refractivity contribution in [3.63, 3.8) is 0 Å². The summed E-state index contributed by atoms with van der Waals surface area (Å²) >= 11 is 0. The Labute approximate surface area is 60.1 Å². The highest BCUT2D eigenvalue weighted by Gasteiger charge is 1.86. The zero-order valence-electron chi connectivity index (χ0n) is 5.39. The maximum absolute atomic E-state index is 3.10. The quantitative estimate of drug-likeness (QED) is 0.506. The van der Waals surface area contributed by atoms with E-state index in [9.17, 15) is 0 Å². The van der Waals surface area contributed by atoms with Gasteiger partial charge in [0, 0.05) is 0 Å². The molecule has 0 N–H and O–H groups in total. The minimum absolute atomic E-state index is 1.07. The fourth-order valence-corrected chi connectivity index (χ4v) is 0.941. The summed E-state index contributed by atoms with van der Waals surface area (Å²) in [6.45, 7) is 0. The lowest BCUT2D eigenvalue weighted by atomic mass is 10.1. The molecule has 0 unspecified atom stereocenters. The number of rotatable bonds is 0. The van der Waals surface area contributed by atoms with Crippen molar-refractivity contribution < 1.29 is 0 Å². The van der Waals surface area contributed by atoms with Crippen LogP contribution in [0.1, 0.15) is 0 Å². The lowest BCUT2D eigenvalue weighted by Gasteiger charge is -1.90. The Balaban J connectivity index is 2.89. The minimum atomic E-state index is 1.07. The molecule has 0 atom stereocenters. The van der Waals surface area contributed by atoms with Gasteiger partial charge in [-0.25, -0.2) is 0 Å². The highest BCUT2D eigenvalue weighted by Crippen LogP contribution is 2.09. The normalized spacial score (nSPS) is 10.0. The second-order valence-electron chi connectivity index (χ2n) is 2.10. The monoisotopic (exact) mass is 125 g/mol. The summed E-state index contributed by atoms with van der Waals surface area (Å²) in [4.78, 5) is 0. The fourth-order valence-electron chi connectivity index (χ4n) is 0.941. The predicted molar refractivity (Wildman–Crippen MR) is 40.5 cm³/mol. The van der Waals surface area contributed by atoms with Crippen molar-refractivity contribution in [1.82, 2.24) is 0 Å². The summed E-state index contributed by atoms with van der Waals surface area (Å²) < 4.78 is 0. The van der Waals surface area contributed by atoms with Crippen molar-refractivity contribution in [2.75, 3.05) is 0 Å². The van der Waals surface area contributed by atoms with Gasteiger partial charge < -0.3 is 0 Å². The van der Waals surface area contributed by atoms with Crippen LogP contribution in [-0.4, -0.2) is 0 Å². The van der Waals surface area contributed by atoms with Gasteiger partial charge in [0.05, 0.1) is 0 Å². The minimum Gasteiger partial charge on any atom is -0.0610 e. The Hall–Kier alpha value is -1.30. The molecule has 0 fully saturated rings. The van der Waals surface area contributed by atoms with E-state index < -0.39 is 0 Å². The van der Waals surface area contributed by atoms with Gasteiger partial charge >= 0.3 is 0 Å². The van der Waals surface area contributed by atoms with Crippen LogP contribution in [0.4, 0.5) is 0 Å². The van der Waals surface area contributed by atoms with Crippen molar-refractivity contribution in [1.29, 1.82) is 0 Å². The second kappa shape index (κ2) is 2.14. The van der Waals surface area contributed by atoms with Crippen LogP contribution in [0.2, 0.25) is 0 Å². The first-order chi connectivity index (χ1) is 4.97. The van der Waals surface area contributed by atoms with Crippen LogP contribution in [0.3, 0.4) is 0 Å². The molecule has 0 spiro atoms. The number of fused-ring (bicyclic) bond motifs is 1. The Morgan fingerprint density at radius 1 is 1.00 bits per heavy atom. The van der Waals surface area contributed by atoms with E-state index in [1.165, 1.54) is 0 Å². The number of hydrogen-bond donors (Lipinski definition) is 0. The Morgan fingerprint density at radius 3 is 2.90 bits per heavy atom. The van der Waals surface area contributed by atoms with Gasteiger partial charge in [0.15, 0.2) is 0 Å². The molecule has 0 saturated heterocycles. The van der Waals surface area contributed by atoms with Gasteiger partial charge in [0.25, 0.3) is 0 Å². The van der Waals surface area contributed by atoms with Crippen LogP contribution < -0.4 is 0 Å². The van der Waals surface area contributed by atoms with E-state index in [0.29, 0.717) is 0 Å². The summed E-state index contributed by atoms with van der Waals surface area (Å²) in [6.07, 6.45) is 0. The average molecular weight is 125 g/mol. The van der Waals surface area contributed by atoms with Crippen LogP contribution in [-0.2, 0) is 0 Å². The molecule has 45 valence electrons. The SMILES string of the molecule is [c]1[c]c2ccc[c]c2cc1. The molecule has 0 nitrogen and oxygen atoms in total. The third kappa shape index (κ3) is 0.781. The molecule has 0 aliphatic heterocycles. The van der Waals surface area contributed by atoms with E-state index in [1.54, 1.807) is 0 Å². The van der Waals surface area contributed by atoms with Gasteiger partial charge in [-0.3, -0.25) is 0 Å². The van der Waals surface area contributed by atoms with E-state index in [0.717, 1.165) is 10.8 Å². The molecule has 0 saturated carbocycles. The standard InChI is InChI=1S/C10H5/c1-2-6-10-8-4-3-7-9(10)5-1/h1-3,6-7H. The Morgan fingerprint density at radius 2 is 2.00 bits per heavy atom. The van der Waals surface area contributed by atoms with E-state index in [4.69, 9.17) is 0 Å². The third-order valence-corrected chi connectivity index (χ3v) is 1.43. The Bertz CT molecular complexity index is 271. The smallest absolute Gasteiger partial charge is 0.00139 e. The summed E-state index contributed by atoms with van der Waals surface area (Å²) in [6, 6.07) is 18.7. The van der Waals surface area contributed by atoms with Gasteiger partial charge in [-0.15, -0.1) is 0 Å². The first-order valence-electron chi connectivity index (χ1n) is 3.15. The van der Waals surface area contributed by atoms with Gasteiger partial charge in [0.1, 0.15) is 0 Å². The van der Waals surface area contributed by atoms with Crippen molar-refractivity contribution in [2.45, 2.75) is 0 Å². The van der Waals surface area contributed by atoms with Crippen molar-refractivity contribution >= 4 is 10.8 Å². The Kier molecular flexibility index (Phi) is 1.17. The van der Waals surface area contributed by atoms with Crippen LogP contribution in [0.15, 0.2) is 30.3 Å². The first-order valence-corrected chi connectivity index (χ1v) is 3.15. The summed E-state index contributed by atoms with van der Waals surface area (Å²) in [5.41, 5.74) is 0. The van der Waals surface area contributed by atoms with E-state index in [-0.39, 0.29) is 0 Å².